The maximum atomic E-state index is 13.1. The minimum Gasteiger partial charge on any atom is -0.503 e. The zero-order chi connectivity index (χ0) is 13.9. The third-order valence-electron chi connectivity index (χ3n) is 3.28. The molecule has 0 radical (unpaired) electrons. The van der Waals surface area contributed by atoms with Crippen LogP contribution in [0.3, 0.4) is 0 Å². The van der Waals surface area contributed by atoms with Gasteiger partial charge >= 0.3 is 0 Å². The first-order chi connectivity index (χ1) is 9.00. The molecule has 1 aromatic carbocycles. The third kappa shape index (κ3) is 3.62. The number of hydrogen-bond donors (Lipinski definition) is 3. The molecule has 0 unspecified atom stereocenters. The van der Waals surface area contributed by atoms with E-state index in [9.17, 15) is 13.9 Å². The highest BCUT2D eigenvalue weighted by Gasteiger charge is 2.29. The van der Waals surface area contributed by atoms with Gasteiger partial charge in [0.15, 0.2) is 17.4 Å². The van der Waals surface area contributed by atoms with Crippen molar-refractivity contribution in [2.24, 2.45) is 0 Å². The number of rotatable bonds is 4. The van der Waals surface area contributed by atoms with Crippen LogP contribution in [0.15, 0.2) is 12.1 Å². The smallest absolute Gasteiger partial charge is 0.187 e. The predicted molar refractivity (Wildman–Crippen MR) is 64.7 cm³/mol. The second-order valence-corrected chi connectivity index (χ2v) is 4.85. The summed E-state index contributed by atoms with van der Waals surface area (Å²) in [6.07, 6.45) is 1.08. The fourth-order valence-electron chi connectivity index (χ4n) is 2.09. The number of hydrogen-bond acceptors (Lipinski definition) is 4. The molecular weight excluding hydrogens is 256 g/mol. The van der Waals surface area contributed by atoms with Gasteiger partial charge in [0.1, 0.15) is 0 Å². The second-order valence-electron chi connectivity index (χ2n) is 4.85. The van der Waals surface area contributed by atoms with Crippen molar-refractivity contribution in [3.8, 4) is 5.75 Å². The average molecular weight is 273 g/mol. The van der Waals surface area contributed by atoms with E-state index in [1.54, 1.807) is 0 Å². The standard InChI is InChI=1S/C13H17F2NO3/c14-10-5-9(6-11(15)12(10)17)7-16-8-13(18)1-3-19-4-2-13/h5-6,16-18H,1-4,7-8H2. The van der Waals surface area contributed by atoms with Gasteiger partial charge in [-0.1, -0.05) is 0 Å². The molecule has 0 aromatic heterocycles. The summed E-state index contributed by atoms with van der Waals surface area (Å²) in [5.74, 6) is -2.94. The van der Waals surface area contributed by atoms with Gasteiger partial charge in [0.2, 0.25) is 0 Å². The zero-order valence-corrected chi connectivity index (χ0v) is 10.5. The molecule has 3 N–H and O–H groups in total. The molecular formula is C13H17F2NO3. The van der Waals surface area contributed by atoms with Crippen molar-refractivity contribution in [2.45, 2.75) is 25.0 Å². The Morgan fingerprint density at radius 1 is 1.21 bits per heavy atom. The molecule has 1 aliphatic rings. The van der Waals surface area contributed by atoms with E-state index in [-0.39, 0.29) is 6.54 Å². The maximum absolute atomic E-state index is 13.1. The summed E-state index contributed by atoms with van der Waals surface area (Å²) < 4.78 is 31.4. The molecule has 0 spiro atoms. The van der Waals surface area contributed by atoms with E-state index in [0.29, 0.717) is 38.2 Å². The van der Waals surface area contributed by atoms with Gasteiger partial charge in [0.25, 0.3) is 0 Å². The van der Waals surface area contributed by atoms with Crippen LogP contribution in [0.2, 0.25) is 0 Å². The lowest BCUT2D eigenvalue weighted by Crippen LogP contribution is -2.44. The van der Waals surface area contributed by atoms with Crippen molar-refractivity contribution >= 4 is 0 Å². The van der Waals surface area contributed by atoms with E-state index in [0.717, 1.165) is 12.1 Å². The van der Waals surface area contributed by atoms with E-state index in [1.807, 2.05) is 0 Å². The van der Waals surface area contributed by atoms with Crippen molar-refractivity contribution in [3.63, 3.8) is 0 Å². The Kier molecular flexibility index (Phi) is 4.34. The first kappa shape index (κ1) is 14.2. The molecule has 4 nitrogen and oxygen atoms in total. The first-order valence-corrected chi connectivity index (χ1v) is 6.18. The third-order valence-corrected chi connectivity index (χ3v) is 3.28. The van der Waals surface area contributed by atoms with E-state index < -0.39 is 23.0 Å². The Balaban J connectivity index is 1.89. The molecule has 0 saturated carbocycles. The molecule has 2 rings (SSSR count). The molecule has 0 aliphatic carbocycles. The molecule has 1 heterocycles. The van der Waals surface area contributed by atoms with Gasteiger partial charge in [-0.2, -0.15) is 0 Å². The van der Waals surface area contributed by atoms with Crippen molar-refractivity contribution in [1.82, 2.24) is 5.32 Å². The second kappa shape index (κ2) is 5.81. The number of phenolic OH excluding ortho intramolecular Hbond substituents is 1. The molecule has 0 bridgehead atoms. The number of nitrogens with one attached hydrogen (secondary N) is 1. The lowest BCUT2D eigenvalue weighted by Gasteiger charge is -2.32. The Labute approximate surface area is 110 Å². The van der Waals surface area contributed by atoms with Crippen molar-refractivity contribution in [1.29, 1.82) is 0 Å². The van der Waals surface area contributed by atoms with Gasteiger partial charge in [-0.15, -0.1) is 0 Å². The van der Waals surface area contributed by atoms with E-state index in [1.165, 1.54) is 0 Å². The summed E-state index contributed by atoms with van der Waals surface area (Å²) >= 11 is 0. The number of aliphatic hydroxyl groups is 1. The Morgan fingerprint density at radius 3 is 2.37 bits per heavy atom. The number of phenols is 1. The van der Waals surface area contributed by atoms with Gasteiger partial charge in [-0.3, -0.25) is 0 Å². The number of benzene rings is 1. The highest BCUT2D eigenvalue weighted by Crippen LogP contribution is 2.22. The highest BCUT2D eigenvalue weighted by molar-refractivity contribution is 5.29. The van der Waals surface area contributed by atoms with Crippen LogP contribution in [0.25, 0.3) is 0 Å². The van der Waals surface area contributed by atoms with E-state index >= 15 is 0 Å². The van der Waals surface area contributed by atoms with Crippen LogP contribution in [-0.4, -0.2) is 35.6 Å². The summed E-state index contributed by atoms with van der Waals surface area (Å²) in [4.78, 5) is 0. The monoisotopic (exact) mass is 273 g/mol. The molecule has 106 valence electrons. The summed E-state index contributed by atoms with van der Waals surface area (Å²) in [7, 11) is 0. The maximum Gasteiger partial charge on any atom is 0.187 e. The van der Waals surface area contributed by atoms with Crippen LogP contribution in [0.5, 0.6) is 5.75 Å². The molecule has 19 heavy (non-hydrogen) atoms. The van der Waals surface area contributed by atoms with Crippen LogP contribution in [-0.2, 0) is 11.3 Å². The van der Waals surface area contributed by atoms with Gasteiger partial charge in [-0.25, -0.2) is 8.78 Å². The molecule has 6 heteroatoms. The number of halogens is 2. The summed E-state index contributed by atoms with van der Waals surface area (Å²) in [5.41, 5.74) is -0.449. The highest BCUT2D eigenvalue weighted by atomic mass is 19.1. The summed E-state index contributed by atoms with van der Waals surface area (Å²) in [5, 5.41) is 22.1. The Hall–Kier alpha value is -1.24. The molecule has 0 amide bonds. The van der Waals surface area contributed by atoms with E-state index in [2.05, 4.69) is 5.32 Å². The average Bonchev–Trinajstić information content (AvgIpc) is 2.36. The van der Waals surface area contributed by atoms with Crippen molar-refractivity contribution in [2.75, 3.05) is 19.8 Å². The fraction of sp³-hybridized carbons (Fsp3) is 0.538. The lowest BCUT2D eigenvalue weighted by atomic mass is 9.94. The molecule has 1 aromatic rings. The molecule has 1 aliphatic heterocycles. The largest absolute Gasteiger partial charge is 0.503 e. The van der Waals surface area contributed by atoms with E-state index in [4.69, 9.17) is 9.84 Å². The first-order valence-electron chi connectivity index (χ1n) is 6.18. The van der Waals surface area contributed by atoms with Crippen LogP contribution in [0.4, 0.5) is 8.78 Å². The zero-order valence-electron chi connectivity index (χ0n) is 10.5. The SMILES string of the molecule is Oc1c(F)cc(CNCC2(O)CCOCC2)cc1F. The molecule has 1 saturated heterocycles. The number of ether oxygens (including phenoxy) is 1. The van der Waals surface area contributed by atoms with Crippen LogP contribution in [0, 0.1) is 11.6 Å². The summed E-state index contributed by atoms with van der Waals surface area (Å²) in [6.45, 7) is 1.58. The molecule has 1 fully saturated rings. The molecule has 0 atom stereocenters. The van der Waals surface area contributed by atoms with Gasteiger partial charge in [-0.05, 0) is 17.7 Å². The van der Waals surface area contributed by atoms with Crippen LogP contribution >= 0.6 is 0 Å². The lowest BCUT2D eigenvalue weighted by molar-refractivity contribution is -0.0617. The normalized spacial score (nSPS) is 18.5. The van der Waals surface area contributed by atoms with Crippen molar-refractivity contribution < 1.29 is 23.7 Å². The van der Waals surface area contributed by atoms with Crippen molar-refractivity contribution in [3.05, 3.63) is 29.3 Å². The van der Waals surface area contributed by atoms with Crippen LogP contribution in [0.1, 0.15) is 18.4 Å². The van der Waals surface area contributed by atoms with Gasteiger partial charge in [0.05, 0.1) is 5.60 Å². The number of aromatic hydroxyl groups is 1. The predicted octanol–water partition coefficient (Wildman–Crippen LogP) is 1.30. The quantitative estimate of drug-likeness (QED) is 0.774. The van der Waals surface area contributed by atoms with Crippen LogP contribution < -0.4 is 5.32 Å². The Bertz CT molecular complexity index is 425. The minimum atomic E-state index is -0.985. The van der Waals surface area contributed by atoms with Gasteiger partial charge in [0, 0.05) is 39.1 Å². The topological polar surface area (TPSA) is 61.7 Å². The Morgan fingerprint density at radius 2 is 1.79 bits per heavy atom. The van der Waals surface area contributed by atoms with Gasteiger partial charge < -0.3 is 20.3 Å². The minimum absolute atomic E-state index is 0.220. The fourth-order valence-corrected chi connectivity index (χ4v) is 2.09. The summed E-state index contributed by atoms with van der Waals surface area (Å²) in [6, 6.07) is 2.14.